The highest BCUT2D eigenvalue weighted by atomic mass is 35.5. The Kier molecular flexibility index (Phi) is 7.45. The molecule has 0 saturated heterocycles. The predicted molar refractivity (Wildman–Crippen MR) is 119 cm³/mol. The van der Waals surface area contributed by atoms with E-state index < -0.39 is 0 Å². The van der Waals surface area contributed by atoms with Crippen LogP contribution in [0, 0.1) is 6.92 Å². The summed E-state index contributed by atoms with van der Waals surface area (Å²) in [5, 5.41) is 5.74. The zero-order chi connectivity index (χ0) is 19.7. The fourth-order valence-electron chi connectivity index (χ4n) is 2.67. The van der Waals surface area contributed by atoms with Gasteiger partial charge in [-0.25, -0.2) is 4.98 Å². The van der Waals surface area contributed by atoms with Gasteiger partial charge in [0, 0.05) is 25.3 Å². The van der Waals surface area contributed by atoms with Gasteiger partial charge in [-0.15, -0.1) is 12.4 Å². The summed E-state index contributed by atoms with van der Waals surface area (Å²) in [6, 6.07) is 5.78. The molecule has 6 nitrogen and oxygen atoms in total. The van der Waals surface area contributed by atoms with Gasteiger partial charge in [-0.05, 0) is 52.6 Å². The first-order valence-corrected chi connectivity index (χ1v) is 10.0. The average Bonchev–Trinajstić information content (AvgIpc) is 3.26. The van der Waals surface area contributed by atoms with Gasteiger partial charge in [0.1, 0.15) is 0 Å². The molecule has 0 atom stereocenters. The minimum Gasteiger partial charge on any atom is -0.308 e. The van der Waals surface area contributed by atoms with Gasteiger partial charge < -0.3 is 4.90 Å². The van der Waals surface area contributed by atoms with Gasteiger partial charge in [-0.3, -0.25) is 14.4 Å². The van der Waals surface area contributed by atoms with Gasteiger partial charge in [-0.2, -0.15) is 5.10 Å². The fraction of sp³-hybridized carbons (Fsp3) is 0.421. The summed E-state index contributed by atoms with van der Waals surface area (Å²) in [6.45, 7) is 7.31. The molecule has 9 heteroatoms. The number of thiazole rings is 1. The third kappa shape index (κ3) is 4.66. The van der Waals surface area contributed by atoms with E-state index >= 15 is 0 Å². The van der Waals surface area contributed by atoms with Crippen LogP contribution in [-0.4, -0.2) is 52.8 Å². The van der Waals surface area contributed by atoms with Crippen LogP contribution in [0.1, 0.15) is 35.9 Å². The summed E-state index contributed by atoms with van der Waals surface area (Å²) in [5.41, 5.74) is 2.31. The normalized spacial score (nSPS) is 11.3. The summed E-state index contributed by atoms with van der Waals surface area (Å²) < 4.78 is 2.69. The minimum atomic E-state index is -0.149. The van der Waals surface area contributed by atoms with Crippen molar-refractivity contribution in [1.82, 2.24) is 19.7 Å². The van der Waals surface area contributed by atoms with Gasteiger partial charge in [0.25, 0.3) is 5.91 Å². The van der Waals surface area contributed by atoms with Gasteiger partial charge in [0.2, 0.25) is 0 Å². The van der Waals surface area contributed by atoms with E-state index in [-0.39, 0.29) is 24.4 Å². The summed E-state index contributed by atoms with van der Waals surface area (Å²) in [6.07, 6.45) is 1.83. The van der Waals surface area contributed by atoms with Gasteiger partial charge >= 0.3 is 0 Å². The Labute approximate surface area is 180 Å². The van der Waals surface area contributed by atoms with Crippen LogP contribution in [0.15, 0.2) is 24.4 Å². The van der Waals surface area contributed by atoms with Crippen LogP contribution in [0.25, 0.3) is 10.2 Å². The standard InChI is InChI=1S/C19H24ClN5OS.ClH/c1-12(2)25-9-8-15(22-25)18(26)24(11-10-23(4)5)19-21-16-13(3)6-7-14(20)17(16)27-19;/h6-9,12H,10-11H2,1-5H3;1H. The highest BCUT2D eigenvalue weighted by molar-refractivity contribution is 7.23. The van der Waals surface area contributed by atoms with E-state index in [2.05, 4.69) is 5.10 Å². The molecule has 1 amide bonds. The molecule has 0 aliphatic carbocycles. The van der Waals surface area contributed by atoms with Gasteiger partial charge in [0.15, 0.2) is 10.8 Å². The molecule has 0 bridgehead atoms. The van der Waals surface area contributed by atoms with Crippen molar-refractivity contribution in [2.75, 3.05) is 32.1 Å². The third-order valence-electron chi connectivity index (χ3n) is 4.29. The second-order valence-electron chi connectivity index (χ2n) is 7.07. The maximum absolute atomic E-state index is 13.2. The summed E-state index contributed by atoms with van der Waals surface area (Å²) >= 11 is 7.80. The summed E-state index contributed by atoms with van der Waals surface area (Å²) in [5.74, 6) is -0.149. The Hall–Kier alpha value is -1.67. The lowest BCUT2D eigenvalue weighted by Gasteiger charge is -2.21. The number of hydrogen-bond acceptors (Lipinski definition) is 5. The molecular formula is C19H25Cl2N5OS. The first kappa shape index (κ1) is 22.6. The zero-order valence-corrected chi connectivity index (χ0v) is 19.0. The Morgan fingerprint density at radius 1 is 1.25 bits per heavy atom. The van der Waals surface area contributed by atoms with E-state index in [9.17, 15) is 4.79 Å². The molecule has 0 unspecified atom stereocenters. The molecule has 2 aromatic heterocycles. The Morgan fingerprint density at radius 3 is 2.54 bits per heavy atom. The van der Waals surface area contributed by atoms with E-state index in [4.69, 9.17) is 16.6 Å². The molecule has 0 aliphatic rings. The van der Waals surface area contributed by atoms with E-state index in [1.54, 1.807) is 15.6 Å². The number of likely N-dealkylation sites (N-methyl/N-ethyl adjacent to an activating group) is 1. The van der Waals surface area contributed by atoms with Crippen LogP contribution in [0.3, 0.4) is 0 Å². The van der Waals surface area contributed by atoms with Crippen LogP contribution < -0.4 is 4.90 Å². The zero-order valence-electron chi connectivity index (χ0n) is 16.6. The number of nitrogens with zero attached hydrogens (tertiary/aromatic N) is 5. The van der Waals surface area contributed by atoms with Crippen LogP contribution in [-0.2, 0) is 0 Å². The quantitative estimate of drug-likeness (QED) is 0.557. The lowest BCUT2D eigenvalue weighted by atomic mass is 10.2. The number of halogens is 2. The topological polar surface area (TPSA) is 54.3 Å². The molecule has 2 heterocycles. The second kappa shape index (κ2) is 9.22. The van der Waals surface area contributed by atoms with Gasteiger partial charge in [-0.1, -0.05) is 29.0 Å². The number of aromatic nitrogens is 3. The highest BCUT2D eigenvalue weighted by Gasteiger charge is 2.24. The number of fused-ring (bicyclic) bond motifs is 1. The van der Waals surface area contributed by atoms with E-state index in [1.165, 1.54) is 11.3 Å². The molecule has 1 aromatic carbocycles. The van der Waals surface area contributed by atoms with Crippen molar-refractivity contribution in [1.29, 1.82) is 0 Å². The molecule has 3 rings (SSSR count). The number of amides is 1. The van der Waals surface area contributed by atoms with E-state index in [0.717, 1.165) is 22.3 Å². The first-order chi connectivity index (χ1) is 12.8. The fourth-order valence-corrected chi connectivity index (χ4v) is 4.01. The van der Waals surface area contributed by atoms with E-state index in [1.807, 2.05) is 58.1 Å². The van der Waals surface area contributed by atoms with Crippen LogP contribution in [0.4, 0.5) is 5.13 Å². The number of carbonyl (C=O) groups is 1. The SMILES string of the molecule is Cc1ccc(Cl)c2sc(N(CCN(C)C)C(=O)c3ccn(C(C)C)n3)nc12.Cl. The number of anilines is 1. The number of hydrogen-bond donors (Lipinski definition) is 0. The monoisotopic (exact) mass is 441 g/mol. The smallest absolute Gasteiger partial charge is 0.280 e. The summed E-state index contributed by atoms with van der Waals surface area (Å²) in [4.78, 5) is 21.7. The molecule has 0 fully saturated rings. The maximum atomic E-state index is 13.2. The van der Waals surface area contributed by atoms with Crippen LogP contribution >= 0.6 is 35.3 Å². The number of carbonyl (C=O) groups excluding carboxylic acids is 1. The lowest BCUT2D eigenvalue weighted by Crippen LogP contribution is -2.37. The molecule has 0 N–H and O–H groups in total. The Morgan fingerprint density at radius 2 is 1.96 bits per heavy atom. The molecule has 0 spiro atoms. The molecular weight excluding hydrogens is 417 g/mol. The molecule has 28 heavy (non-hydrogen) atoms. The molecule has 0 radical (unpaired) electrons. The van der Waals surface area contributed by atoms with E-state index in [0.29, 0.717) is 22.4 Å². The number of aryl methyl sites for hydroxylation is 1. The largest absolute Gasteiger partial charge is 0.308 e. The van der Waals surface area contributed by atoms with Crippen molar-refractivity contribution in [3.63, 3.8) is 0 Å². The van der Waals surface area contributed by atoms with Crippen molar-refractivity contribution in [2.24, 2.45) is 0 Å². The predicted octanol–water partition coefficient (Wildman–Crippen LogP) is 4.67. The highest BCUT2D eigenvalue weighted by Crippen LogP contribution is 2.36. The van der Waals surface area contributed by atoms with Crippen molar-refractivity contribution in [3.8, 4) is 0 Å². The molecule has 0 saturated carbocycles. The minimum absolute atomic E-state index is 0. The summed E-state index contributed by atoms with van der Waals surface area (Å²) in [7, 11) is 3.96. The maximum Gasteiger partial charge on any atom is 0.280 e. The van der Waals surface area contributed by atoms with Crippen molar-refractivity contribution in [3.05, 3.63) is 40.7 Å². The molecule has 152 valence electrons. The third-order valence-corrected chi connectivity index (χ3v) is 5.83. The second-order valence-corrected chi connectivity index (χ2v) is 8.46. The lowest BCUT2D eigenvalue weighted by molar-refractivity contribution is 0.0979. The Balaban J connectivity index is 0.00000280. The number of rotatable bonds is 6. The number of benzene rings is 1. The van der Waals surface area contributed by atoms with Crippen molar-refractivity contribution >= 4 is 56.6 Å². The average molecular weight is 442 g/mol. The van der Waals surface area contributed by atoms with Crippen molar-refractivity contribution < 1.29 is 4.79 Å². The van der Waals surface area contributed by atoms with Gasteiger partial charge in [0.05, 0.1) is 15.2 Å². The van der Waals surface area contributed by atoms with Crippen molar-refractivity contribution in [2.45, 2.75) is 26.8 Å². The molecule has 0 aliphatic heterocycles. The molecule has 3 aromatic rings. The first-order valence-electron chi connectivity index (χ1n) is 8.85. The van der Waals surface area contributed by atoms with Crippen LogP contribution in [0.2, 0.25) is 5.02 Å². The Bertz CT molecular complexity index is 928. The van der Waals surface area contributed by atoms with Crippen LogP contribution in [0.5, 0.6) is 0 Å².